The molecule has 2 unspecified atom stereocenters. The average Bonchev–Trinajstić information content (AvgIpc) is 3.36. The number of aliphatic hydroxyl groups is 3. The molecule has 2 aromatic carbocycles. The Morgan fingerprint density at radius 3 is 2.30 bits per heavy atom. The van der Waals surface area contributed by atoms with Crippen LogP contribution in [0.15, 0.2) is 60.7 Å². The number of ether oxygens (including phenoxy) is 2. The maximum atomic E-state index is 13.6. The summed E-state index contributed by atoms with van der Waals surface area (Å²) >= 11 is 0. The van der Waals surface area contributed by atoms with Gasteiger partial charge in [0.2, 0.25) is 11.8 Å². The Kier molecular flexibility index (Phi) is 10.4. The number of aliphatic hydroxyl groups excluding tert-OH is 3. The number of nitrogens with zero attached hydrogens (tertiary/aromatic N) is 1. The molecule has 1 aromatic heterocycles. The molecule has 13 heteroatoms. The summed E-state index contributed by atoms with van der Waals surface area (Å²) < 4.78 is 12.6. The number of fused-ring (bicyclic) bond motifs is 1. The van der Waals surface area contributed by atoms with E-state index in [0.29, 0.717) is 11.2 Å². The van der Waals surface area contributed by atoms with Gasteiger partial charge in [0.1, 0.15) is 42.1 Å². The quantitative estimate of drug-likeness (QED) is 0.171. The zero-order valence-electron chi connectivity index (χ0n) is 24.9. The molecule has 3 aromatic rings. The minimum Gasteiger partial charge on any atom is -0.443 e. The number of hydrogen-bond donors (Lipinski definition) is 7. The van der Waals surface area contributed by atoms with Crippen molar-refractivity contribution in [1.82, 2.24) is 15.2 Å². The number of carbonyl (C=O) groups is 3. The fourth-order valence-electron chi connectivity index (χ4n) is 5.10. The van der Waals surface area contributed by atoms with E-state index in [2.05, 4.69) is 10.6 Å². The number of aromatic nitrogens is 1. The Morgan fingerprint density at radius 1 is 0.977 bits per heavy atom. The molecule has 1 aliphatic heterocycles. The summed E-state index contributed by atoms with van der Waals surface area (Å²) in [6.07, 6.45) is -8.13. The number of amides is 2. The molecule has 0 aliphatic carbocycles. The van der Waals surface area contributed by atoms with Crippen molar-refractivity contribution in [1.29, 1.82) is 0 Å². The van der Waals surface area contributed by atoms with Gasteiger partial charge < -0.3 is 46.9 Å². The number of carbonyl (C=O) groups excluding carboxylic acids is 3. The van der Waals surface area contributed by atoms with E-state index in [1.54, 1.807) is 39.0 Å². The molecule has 1 aliphatic rings. The van der Waals surface area contributed by atoms with Gasteiger partial charge in [0.05, 0.1) is 11.6 Å². The van der Waals surface area contributed by atoms with E-state index in [-0.39, 0.29) is 19.5 Å². The molecular weight excluding hydrogens is 570 g/mol. The number of benzene rings is 2. The molecule has 1 fully saturated rings. The highest BCUT2D eigenvalue weighted by Crippen LogP contribution is 2.25. The van der Waals surface area contributed by atoms with E-state index in [1.807, 2.05) is 42.5 Å². The monoisotopic (exact) mass is 611 g/mol. The van der Waals surface area contributed by atoms with Crippen molar-refractivity contribution in [3.8, 4) is 0 Å². The van der Waals surface area contributed by atoms with E-state index < -0.39 is 66.1 Å². The SMILES string of the molecule is CC(C)(C)OC(=O)n1c(C[C@H](NC(=O)C(N)[C@@H]2OC(CN)[C@H](O)[C@H](O)[C@@H]2O)C(=O)NCc2ccccc2)cc2ccccc21. The molecule has 44 heavy (non-hydrogen) atoms. The van der Waals surface area contributed by atoms with Crippen LogP contribution in [0.5, 0.6) is 0 Å². The fraction of sp³-hybridized carbons (Fsp3) is 0.452. The summed E-state index contributed by atoms with van der Waals surface area (Å²) in [6, 6.07) is 15.3. The third kappa shape index (κ3) is 7.62. The number of rotatable bonds is 9. The van der Waals surface area contributed by atoms with Crippen molar-refractivity contribution in [3.63, 3.8) is 0 Å². The van der Waals surface area contributed by atoms with E-state index in [4.69, 9.17) is 20.9 Å². The number of para-hydroxylation sites is 1. The lowest BCUT2D eigenvalue weighted by atomic mass is 9.91. The molecule has 4 rings (SSSR count). The van der Waals surface area contributed by atoms with Crippen LogP contribution in [0.3, 0.4) is 0 Å². The second kappa shape index (κ2) is 13.8. The second-order valence-electron chi connectivity index (χ2n) is 11.9. The lowest BCUT2D eigenvalue weighted by Gasteiger charge is -2.42. The zero-order chi connectivity index (χ0) is 32.2. The number of nitrogens with one attached hydrogen (secondary N) is 2. The molecule has 238 valence electrons. The first kappa shape index (κ1) is 33.1. The Hall–Kier alpha value is -3.85. The topological polar surface area (TPSA) is 211 Å². The van der Waals surface area contributed by atoms with Crippen molar-refractivity contribution in [2.45, 2.75) is 81.9 Å². The summed E-state index contributed by atoms with van der Waals surface area (Å²) in [7, 11) is 0. The Bertz CT molecular complexity index is 1450. The minimum atomic E-state index is -1.70. The van der Waals surface area contributed by atoms with Gasteiger partial charge in [-0.05, 0) is 38.5 Å². The van der Waals surface area contributed by atoms with Gasteiger partial charge in [-0.2, -0.15) is 0 Å². The maximum absolute atomic E-state index is 13.6. The van der Waals surface area contributed by atoms with Crippen molar-refractivity contribution in [2.24, 2.45) is 11.5 Å². The number of hydrogen-bond acceptors (Lipinski definition) is 10. The summed E-state index contributed by atoms with van der Waals surface area (Å²) in [5.41, 5.74) is 12.8. The van der Waals surface area contributed by atoms with Crippen LogP contribution in [-0.4, -0.2) is 92.5 Å². The third-order valence-corrected chi connectivity index (χ3v) is 7.36. The molecule has 7 atom stereocenters. The summed E-state index contributed by atoms with van der Waals surface area (Å²) in [6.45, 7) is 5.19. The normalized spacial score (nSPS) is 23.5. The Labute approximate surface area is 255 Å². The van der Waals surface area contributed by atoms with Crippen LogP contribution >= 0.6 is 0 Å². The number of nitrogens with two attached hydrogens (primary N) is 2. The van der Waals surface area contributed by atoms with Gasteiger partial charge in [-0.1, -0.05) is 48.5 Å². The first-order valence-electron chi connectivity index (χ1n) is 14.4. The highest BCUT2D eigenvalue weighted by molar-refractivity contribution is 5.93. The van der Waals surface area contributed by atoms with Crippen LogP contribution in [0.25, 0.3) is 10.9 Å². The van der Waals surface area contributed by atoms with Crippen LogP contribution in [0.4, 0.5) is 4.79 Å². The van der Waals surface area contributed by atoms with E-state index in [0.717, 1.165) is 10.9 Å². The Balaban J connectivity index is 1.63. The molecule has 0 saturated carbocycles. The van der Waals surface area contributed by atoms with Crippen LogP contribution in [0, 0.1) is 0 Å². The second-order valence-corrected chi connectivity index (χ2v) is 11.9. The smallest absolute Gasteiger partial charge is 0.419 e. The summed E-state index contributed by atoms with van der Waals surface area (Å²) in [5.74, 6) is -1.43. The van der Waals surface area contributed by atoms with Gasteiger partial charge in [0.15, 0.2) is 0 Å². The van der Waals surface area contributed by atoms with Crippen LogP contribution in [0.2, 0.25) is 0 Å². The first-order valence-corrected chi connectivity index (χ1v) is 14.4. The van der Waals surface area contributed by atoms with Crippen molar-refractivity contribution >= 4 is 28.8 Å². The van der Waals surface area contributed by atoms with Crippen LogP contribution in [0.1, 0.15) is 32.0 Å². The third-order valence-electron chi connectivity index (χ3n) is 7.36. The van der Waals surface area contributed by atoms with Crippen LogP contribution < -0.4 is 22.1 Å². The molecule has 2 heterocycles. The van der Waals surface area contributed by atoms with E-state index in [1.165, 1.54) is 4.57 Å². The van der Waals surface area contributed by atoms with Gasteiger partial charge in [-0.15, -0.1) is 0 Å². The maximum Gasteiger partial charge on any atom is 0.419 e. The average molecular weight is 612 g/mol. The van der Waals surface area contributed by atoms with Crippen LogP contribution in [-0.2, 0) is 32.0 Å². The standard InChI is InChI=1S/C31H41N5O8/c1-31(2,3)44-30(42)36-19(13-18-11-7-8-12-21(18)36)14-20(28(40)34-16-17-9-5-4-6-10-17)35-29(41)23(33)27-26(39)25(38)24(37)22(15-32)43-27/h4-13,20,22-27,37-39H,14-16,32-33H2,1-3H3,(H,34,40)(H,35,41)/t20-,22?,23?,24-,25-,26-,27-/m0/s1. The van der Waals surface area contributed by atoms with Crippen molar-refractivity contribution in [2.75, 3.05) is 6.54 Å². The summed E-state index contributed by atoms with van der Waals surface area (Å²) in [5, 5.41) is 37.1. The van der Waals surface area contributed by atoms with E-state index in [9.17, 15) is 29.7 Å². The minimum absolute atomic E-state index is 0.131. The first-order chi connectivity index (χ1) is 20.8. The fourth-order valence-corrected chi connectivity index (χ4v) is 5.10. The molecule has 13 nitrogen and oxygen atoms in total. The van der Waals surface area contributed by atoms with Gasteiger partial charge in [-0.25, -0.2) is 9.36 Å². The molecule has 0 radical (unpaired) electrons. The van der Waals surface area contributed by atoms with E-state index >= 15 is 0 Å². The van der Waals surface area contributed by atoms with Crippen molar-refractivity contribution < 1.29 is 39.2 Å². The van der Waals surface area contributed by atoms with Gasteiger partial charge in [0, 0.05) is 30.6 Å². The Morgan fingerprint density at radius 2 is 1.64 bits per heavy atom. The zero-order valence-corrected chi connectivity index (χ0v) is 24.9. The highest BCUT2D eigenvalue weighted by atomic mass is 16.6. The van der Waals surface area contributed by atoms with Gasteiger partial charge >= 0.3 is 6.09 Å². The predicted molar refractivity (Wildman–Crippen MR) is 161 cm³/mol. The molecule has 2 amide bonds. The molecule has 0 spiro atoms. The lowest BCUT2D eigenvalue weighted by Crippen LogP contribution is -2.66. The van der Waals surface area contributed by atoms with Crippen molar-refractivity contribution in [3.05, 3.63) is 71.9 Å². The molecular formula is C31H41N5O8. The lowest BCUT2D eigenvalue weighted by molar-refractivity contribution is -0.223. The largest absolute Gasteiger partial charge is 0.443 e. The predicted octanol–water partition coefficient (Wildman–Crippen LogP) is -0.0957. The molecule has 9 N–H and O–H groups in total. The molecule has 1 saturated heterocycles. The molecule has 0 bridgehead atoms. The van der Waals surface area contributed by atoms with Gasteiger partial charge in [0.25, 0.3) is 0 Å². The highest BCUT2D eigenvalue weighted by Gasteiger charge is 2.47. The summed E-state index contributed by atoms with van der Waals surface area (Å²) in [4.78, 5) is 40.4. The van der Waals surface area contributed by atoms with Gasteiger partial charge in [-0.3, -0.25) is 9.59 Å².